The van der Waals surface area contributed by atoms with Crippen LogP contribution in [0.4, 0.5) is 5.69 Å². The average molecular weight is 286 g/mol. The number of fused-ring (bicyclic) bond motifs is 1. The van der Waals surface area contributed by atoms with Crippen LogP contribution in [0.15, 0.2) is 42.5 Å². The molecule has 0 spiro atoms. The van der Waals surface area contributed by atoms with Gasteiger partial charge in [-0.3, -0.25) is 0 Å². The lowest BCUT2D eigenvalue weighted by molar-refractivity contribution is 0.637. The van der Waals surface area contributed by atoms with Gasteiger partial charge in [-0.1, -0.05) is 23.7 Å². The van der Waals surface area contributed by atoms with E-state index in [2.05, 4.69) is 28.6 Å². The molecule has 0 bridgehead atoms. The number of halogens is 1. The van der Waals surface area contributed by atoms with E-state index in [1.165, 1.54) is 5.56 Å². The summed E-state index contributed by atoms with van der Waals surface area (Å²) in [5, 5.41) is 0.751. The van der Waals surface area contributed by atoms with Crippen LogP contribution >= 0.6 is 11.6 Å². The van der Waals surface area contributed by atoms with Gasteiger partial charge < -0.3 is 10.3 Å². The third kappa shape index (κ3) is 2.14. The third-order valence-electron chi connectivity index (χ3n) is 3.63. The summed E-state index contributed by atoms with van der Waals surface area (Å²) in [5.74, 6) is 0.980. The van der Waals surface area contributed by atoms with Crippen molar-refractivity contribution in [2.24, 2.45) is 0 Å². The van der Waals surface area contributed by atoms with Gasteiger partial charge in [-0.15, -0.1) is 0 Å². The molecule has 3 aromatic rings. The molecule has 20 heavy (non-hydrogen) atoms. The Balaban J connectivity index is 2.13. The molecule has 0 aliphatic rings. The van der Waals surface area contributed by atoms with E-state index in [1.54, 1.807) is 0 Å². The van der Waals surface area contributed by atoms with Crippen LogP contribution in [0.25, 0.3) is 11.0 Å². The molecule has 3 rings (SSSR count). The third-order valence-corrected chi connectivity index (χ3v) is 3.88. The number of aryl methyl sites for hydroxylation is 1. The molecule has 102 valence electrons. The highest BCUT2D eigenvalue weighted by atomic mass is 35.5. The van der Waals surface area contributed by atoms with Gasteiger partial charge in [-0.25, -0.2) is 4.98 Å². The molecule has 0 fully saturated rings. The highest BCUT2D eigenvalue weighted by Gasteiger charge is 2.14. The fourth-order valence-corrected chi connectivity index (χ4v) is 2.74. The van der Waals surface area contributed by atoms with E-state index in [-0.39, 0.29) is 6.04 Å². The second-order valence-electron chi connectivity index (χ2n) is 5.00. The maximum absolute atomic E-state index is 5.95. The number of rotatable bonds is 2. The van der Waals surface area contributed by atoms with Crippen molar-refractivity contribution >= 4 is 28.3 Å². The zero-order chi connectivity index (χ0) is 14.3. The Hall–Kier alpha value is -2.00. The number of nitrogen functional groups attached to an aromatic ring is 1. The lowest BCUT2D eigenvalue weighted by Crippen LogP contribution is -2.08. The van der Waals surface area contributed by atoms with Crippen molar-refractivity contribution in [3.05, 3.63) is 58.9 Å². The summed E-state index contributed by atoms with van der Waals surface area (Å²) < 4.78 is 2.22. The monoisotopic (exact) mass is 285 g/mol. The minimum Gasteiger partial charge on any atom is -0.399 e. The Morgan fingerprint density at radius 1 is 1.15 bits per heavy atom. The summed E-state index contributed by atoms with van der Waals surface area (Å²) in [6, 6.07) is 14.0. The fourth-order valence-electron chi connectivity index (χ4n) is 2.62. The lowest BCUT2D eigenvalue weighted by Gasteiger charge is -2.17. The number of benzene rings is 2. The van der Waals surface area contributed by atoms with Crippen LogP contribution in [0.3, 0.4) is 0 Å². The normalized spacial score (nSPS) is 12.8. The molecule has 1 atom stereocenters. The summed E-state index contributed by atoms with van der Waals surface area (Å²) >= 11 is 5.95. The highest BCUT2D eigenvalue weighted by Crippen LogP contribution is 2.27. The van der Waals surface area contributed by atoms with E-state index >= 15 is 0 Å². The molecule has 2 aromatic carbocycles. The first-order valence-electron chi connectivity index (χ1n) is 6.56. The number of nitrogens with two attached hydrogens (primary N) is 1. The second kappa shape index (κ2) is 4.84. The lowest BCUT2D eigenvalue weighted by atomic mass is 10.1. The number of anilines is 1. The van der Waals surface area contributed by atoms with Crippen LogP contribution in [0.5, 0.6) is 0 Å². The zero-order valence-electron chi connectivity index (χ0n) is 11.5. The van der Waals surface area contributed by atoms with Gasteiger partial charge in [-0.05, 0) is 49.7 Å². The topological polar surface area (TPSA) is 43.8 Å². The molecule has 1 aromatic heterocycles. The Bertz CT molecular complexity index is 759. The zero-order valence-corrected chi connectivity index (χ0v) is 12.2. The maximum atomic E-state index is 5.95. The summed E-state index contributed by atoms with van der Waals surface area (Å²) in [6.07, 6.45) is 0. The summed E-state index contributed by atoms with van der Waals surface area (Å²) in [7, 11) is 0. The minimum absolute atomic E-state index is 0.195. The molecule has 0 radical (unpaired) electrons. The van der Waals surface area contributed by atoms with Gasteiger partial charge in [0.05, 0.1) is 17.1 Å². The van der Waals surface area contributed by atoms with E-state index in [1.807, 2.05) is 37.3 Å². The largest absolute Gasteiger partial charge is 0.399 e. The summed E-state index contributed by atoms with van der Waals surface area (Å²) in [4.78, 5) is 4.59. The number of imidazole rings is 1. The van der Waals surface area contributed by atoms with Crippen molar-refractivity contribution in [3.63, 3.8) is 0 Å². The highest BCUT2D eigenvalue weighted by molar-refractivity contribution is 6.30. The Morgan fingerprint density at radius 3 is 2.55 bits per heavy atom. The van der Waals surface area contributed by atoms with Crippen molar-refractivity contribution in [1.29, 1.82) is 0 Å². The molecule has 4 heteroatoms. The van der Waals surface area contributed by atoms with Crippen LogP contribution < -0.4 is 5.73 Å². The molecule has 0 saturated heterocycles. The van der Waals surface area contributed by atoms with Crippen molar-refractivity contribution in [2.75, 3.05) is 5.73 Å². The molecule has 3 nitrogen and oxygen atoms in total. The number of hydrogen-bond donors (Lipinski definition) is 1. The van der Waals surface area contributed by atoms with Gasteiger partial charge in [0.1, 0.15) is 5.82 Å². The van der Waals surface area contributed by atoms with E-state index in [0.717, 1.165) is 27.6 Å². The Kier molecular flexibility index (Phi) is 3.14. The van der Waals surface area contributed by atoms with E-state index < -0.39 is 0 Å². The quantitative estimate of drug-likeness (QED) is 0.718. The molecule has 0 aliphatic carbocycles. The van der Waals surface area contributed by atoms with Crippen LogP contribution in [0.1, 0.15) is 24.4 Å². The van der Waals surface area contributed by atoms with Gasteiger partial charge in [0.15, 0.2) is 0 Å². The molecule has 0 amide bonds. The smallest absolute Gasteiger partial charge is 0.107 e. The SMILES string of the molecule is Cc1nc2cc(N)ccc2n1C(C)c1ccc(Cl)cc1. The van der Waals surface area contributed by atoms with Crippen molar-refractivity contribution in [3.8, 4) is 0 Å². The van der Waals surface area contributed by atoms with E-state index in [9.17, 15) is 0 Å². The molecule has 1 unspecified atom stereocenters. The Labute approximate surface area is 123 Å². The molecule has 0 saturated carbocycles. The standard InChI is InChI=1S/C16H16ClN3/c1-10(12-3-5-13(17)6-4-12)20-11(2)19-15-9-14(18)7-8-16(15)20/h3-10H,18H2,1-2H3. The molecular formula is C16H16ClN3. The first-order chi connectivity index (χ1) is 9.56. The van der Waals surface area contributed by atoms with Crippen molar-refractivity contribution in [1.82, 2.24) is 9.55 Å². The van der Waals surface area contributed by atoms with Gasteiger partial charge in [-0.2, -0.15) is 0 Å². The van der Waals surface area contributed by atoms with Gasteiger partial charge in [0.25, 0.3) is 0 Å². The van der Waals surface area contributed by atoms with Crippen molar-refractivity contribution in [2.45, 2.75) is 19.9 Å². The average Bonchev–Trinajstić information content (AvgIpc) is 2.73. The minimum atomic E-state index is 0.195. The van der Waals surface area contributed by atoms with Gasteiger partial charge >= 0.3 is 0 Å². The Morgan fingerprint density at radius 2 is 1.85 bits per heavy atom. The van der Waals surface area contributed by atoms with Gasteiger partial charge in [0, 0.05) is 10.7 Å². The fraction of sp³-hybridized carbons (Fsp3) is 0.188. The summed E-state index contributed by atoms with van der Waals surface area (Å²) in [5.41, 5.74) is 9.79. The maximum Gasteiger partial charge on any atom is 0.107 e. The molecule has 2 N–H and O–H groups in total. The summed E-state index contributed by atoms with van der Waals surface area (Å²) in [6.45, 7) is 4.18. The van der Waals surface area contributed by atoms with Gasteiger partial charge in [0.2, 0.25) is 0 Å². The second-order valence-corrected chi connectivity index (χ2v) is 5.44. The predicted molar refractivity (Wildman–Crippen MR) is 84.1 cm³/mol. The first-order valence-corrected chi connectivity index (χ1v) is 6.93. The van der Waals surface area contributed by atoms with Crippen LogP contribution in [0, 0.1) is 6.92 Å². The number of hydrogen-bond acceptors (Lipinski definition) is 2. The van der Waals surface area contributed by atoms with E-state index in [4.69, 9.17) is 17.3 Å². The van der Waals surface area contributed by atoms with Crippen molar-refractivity contribution < 1.29 is 0 Å². The molecular weight excluding hydrogens is 270 g/mol. The molecule has 1 heterocycles. The first kappa shape index (κ1) is 13.0. The number of nitrogens with zero attached hydrogens (tertiary/aromatic N) is 2. The van der Waals surface area contributed by atoms with Crippen LogP contribution in [-0.2, 0) is 0 Å². The number of aromatic nitrogens is 2. The predicted octanol–water partition coefficient (Wildman–Crippen LogP) is 4.19. The van der Waals surface area contributed by atoms with E-state index in [0.29, 0.717) is 0 Å². The van der Waals surface area contributed by atoms with Crippen LogP contribution in [0.2, 0.25) is 5.02 Å². The van der Waals surface area contributed by atoms with Crippen LogP contribution in [-0.4, -0.2) is 9.55 Å². The molecule has 0 aliphatic heterocycles.